The minimum Gasteiger partial charge on any atom is -0.367 e. The van der Waals surface area contributed by atoms with Gasteiger partial charge in [0.25, 0.3) is 0 Å². The van der Waals surface area contributed by atoms with Crippen LogP contribution in [0.2, 0.25) is 0 Å². The molecule has 2 aliphatic carbocycles. The predicted octanol–water partition coefficient (Wildman–Crippen LogP) is 5.40. The van der Waals surface area contributed by atoms with Gasteiger partial charge < -0.3 is 20.9 Å². The molecular weight excluding hydrogens is 498 g/mol. The van der Waals surface area contributed by atoms with Crippen LogP contribution < -0.4 is 16.0 Å². The van der Waals surface area contributed by atoms with E-state index in [1.807, 2.05) is 26.2 Å². The molecule has 7 nitrogen and oxygen atoms in total. The number of carbonyl (C=O) groups excluding carboxylic acids is 2. The summed E-state index contributed by atoms with van der Waals surface area (Å²) in [6.45, 7) is 14.2. The highest BCUT2D eigenvalue weighted by Crippen LogP contribution is 2.40. The smallest absolute Gasteiger partial charge is 0.239 e. The molecular formula is C33H57N5O2. The number of rotatable bonds is 16. The molecule has 2 fully saturated rings. The van der Waals surface area contributed by atoms with Crippen LogP contribution in [0.15, 0.2) is 29.6 Å². The van der Waals surface area contributed by atoms with Crippen molar-refractivity contribution in [2.75, 3.05) is 26.7 Å². The first kappa shape index (κ1) is 33.8. The summed E-state index contributed by atoms with van der Waals surface area (Å²) in [5.41, 5.74) is 5.22. The third-order valence-corrected chi connectivity index (χ3v) is 7.29. The zero-order chi connectivity index (χ0) is 29.5. The molecule has 1 aromatic rings. The number of likely N-dealkylation sites (N-methyl/N-ethyl adjacent to an activating group) is 1. The van der Waals surface area contributed by atoms with Crippen LogP contribution in [-0.2, 0) is 22.4 Å². The molecule has 2 amide bonds. The number of hydrogen-bond donors (Lipinski definition) is 3. The van der Waals surface area contributed by atoms with Crippen molar-refractivity contribution in [3.05, 3.63) is 40.9 Å². The van der Waals surface area contributed by atoms with Gasteiger partial charge in [-0.2, -0.15) is 0 Å². The van der Waals surface area contributed by atoms with E-state index in [2.05, 4.69) is 66.5 Å². The third-order valence-electron chi connectivity index (χ3n) is 7.29. The lowest BCUT2D eigenvalue weighted by Crippen LogP contribution is -2.46. The van der Waals surface area contributed by atoms with Crippen molar-refractivity contribution in [1.29, 1.82) is 0 Å². The Morgan fingerprint density at radius 2 is 1.75 bits per heavy atom. The number of nitrogens with zero attached hydrogens (tertiary/aromatic N) is 2. The van der Waals surface area contributed by atoms with Gasteiger partial charge in [-0.25, -0.2) is 0 Å². The fourth-order valence-corrected chi connectivity index (χ4v) is 5.03. The van der Waals surface area contributed by atoms with Gasteiger partial charge in [0.05, 0.1) is 13.1 Å². The largest absolute Gasteiger partial charge is 0.367 e. The zero-order valence-corrected chi connectivity index (χ0v) is 26.4. The second-order valence-corrected chi connectivity index (χ2v) is 12.3. The first-order valence-electron chi connectivity index (χ1n) is 15.8. The van der Waals surface area contributed by atoms with Crippen LogP contribution >= 0.6 is 0 Å². The van der Waals surface area contributed by atoms with Crippen LogP contribution in [-0.4, -0.2) is 60.5 Å². The predicted molar refractivity (Wildman–Crippen MR) is 166 cm³/mol. The summed E-state index contributed by atoms with van der Waals surface area (Å²) in [5, 5.41) is 9.59. The standard InChI is InChI=1S/C29H47N5O2.C4H10/c1-5-9-22-12-8-18-30-25(22)16-13-21(3)33-26(35)19-32-27(36)20-34(4)29(24-10-7-11-24)28(23-14-15-23)31-17-6-2;1-4(2)3/h8,12,18,21,23,28,31H,5-7,9-11,13-17,19-20H2,1-4H3,(H,32,36)(H,33,35);4H,1-3H3. The summed E-state index contributed by atoms with van der Waals surface area (Å²) in [7, 11) is 2.02. The molecule has 0 radical (unpaired) electrons. The van der Waals surface area contributed by atoms with Crippen molar-refractivity contribution in [3.8, 4) is 0 Å². The summed E-state index contributed by atoms with van der Waals surface area (Å²) in [5.74, 6) is 1.26. The van der Waals surface area contributed by atoms with Crippen molar-refractivity contribution < 1.29 is 9.59 Å². The van der Waals surface area contributed by atoms with Crippen LogP contribution in [0.25, 0.3) is 0 Å². The van der Waals surface area contributed by atoms with Gasteiger partial charge in [-0.3, -0.25) is 14.6 Å². The molecule has 7 heteroatoms. The van der Waals surface area contributed by atoms with Gasteiger partial charge in [0, 0.05) is 36.7 Å². The summed E-state index contributed by atoms with van der Waals surface area (Å²) in [4.78, 5) is 31.9. The van der Waals surface area contributed by atoms with E-state index in [1.165, 1.54) is 36.1 Å². The molecule has 2 atom stereocenters. The maximum atomic E-state index is 12.7. The van der Waals surface area contributed by atoms with Crippen LogP contribution in [0, 0.1) is 11.8 Å². The molecule has 2 unspecified atom stereocenters. The van der Waals surface area contributed by atoms with Gasteiger partial charge in [-0.05, 0) is 100 Å². The van der Waals surface area contributed by atoms with E-state index in [0.717, 1.165) is 63.1 Å². The number of carbonyl (C=O) groups is 2. The first-order valence-corrected chi connectivity index (χ1v) is 15.8. The monoisotopic (exact) mass is 555 g/mol. The highest BCUT2D eigenvalue weighted by Gasteiger charge is 2.37. The summed E-state index contributed by atoms with van der Waals surface area (Å²) >= 11 is 0. The molecule has 0 aromatic carbocycles. The second kappa shape index (κ2) is 18.1. The van der Waals surface area contributed by atoms with Crippen molar-refractivity contribution in [1.82, 2.24) is 25.8 Å². The minimum atomic E-state index is -0.147. The molecule has 1 aromatic heterocycles. The molecule has 0 aliphatic heterocycles. The molecule has 226 valence electrons. The Morgan fingerprint density at radius 1 is 1.05 bits per heavy atom. The number of allylic oxidation sites excluding steroid dienone is 1. The molecule has 2 saturated carbocycles. The van der Waals surface area contributed by atoms with Crippen LogP contribution in [0.1, 0.15) is 104 Å². The van der Waals surface area contributed by atoms with Gasteiger partial charge >= 0.3 is 0 Å². The number of aryl methyl sites for hydroxylation is 2. The van der Waals surface area contributed by atoms with Crippen LogP contribution in [0.3, 0.4) is 0 Å². The number of hydrogen-bond acceptors (Lipinski definition) is 5. The average Bonchev–Trinajstić information content (AvgIpc) is 3.70. The summed E-state index contributed by atoms with van der Waals surface area (Å²) < 4.78 is 0. The van der Waals surface area contributed by atoms with Gasteiger partial charge in [-0.1, -0.05) is 47.1 Å². The Bertz CT molecular complexity index is 932. The van der Waals surface area contributed by atoms with Crippen molar-refractivity contribution >= 4 is 11.8 Å². The highest BCUT2D eigenvalue weighted by molar-refractivity contribution is 5.85. The maximum Gasteiger partial charge on any atom is 0.239 e. The van der Waals surface area contributed by atoms with E-state index in [0.29, 0.717) is 12.0 Å². The van der Waals surface area contributed by atoms with E-state index < -0.39 is 0 Å². The van der Waals surface area contributed by atoms with Crippen LogP contribution in [0.5, 0.6) is 0 Å². The molecule has 0 saturated heterocycles. The van der Waals surface area contributed by atoms with E-state index in [9.17, 15) is 9.59 Å². The van der Waals surface area contributed by atoms with E-state index in [-0.39, 0.29) is 30.9 Å². The van der Waals surface area contributed by atoms with E-state index >= 15 is 0 Å². The Balaban J connectivity index is 0.00000131. The quantitative estimate of drug-likeness (QED) is 0.254. The molecule has 3 N–H and O–H groups in total. The Morgan fingerprint density at radius 3 is 2.33 bits per heavy atom. The SMILES string of the molecule is CC(C)C.CCCNC(C(=C1CCC1)N(C)CC(=O)NCC(=O)NC(C)CCc1ncccc1CCC)C1CC1. The van der Waals surface area contributed by atoms with E-state index in [4.69, 9.17) is 0 Å². The highest BCUT2D eigenvalue weighted by atomic mass is 16.2. The average molecular weight is 556 g/mol. The van der Waals surface area contributed by atoms with Gasteiger partial charge in [0.2, 0.25) is 11.8 Å². The molecule has 2 aliphatic rings. The fraction of sp³-hybridized carbons (Fsp3) is 0.727. The maximum absolute atomic E-state index is 12.7. The van der Waals surface area contributed by atoms with Gasteiger partial charge in [0.1, 0.15) is 0 Å². The van der Waals surface area contributed by atoms with Gasteiger partial charge in [-0.15, -0.1) is 0 Å². The normalized spacial score (nSPS) is 15.8. The lowest BCUT2D eigenvalue weighted by Gasteiger charge is -2.35. The van der Waals surface area contributed by atoms with Crippen molar-refractivity contribution in [2.24, 2.45) is 11.8 Å². The van der Waals surface area contributed by atoms with E-state index in [1.54, 1.807) is 0 Å². The topological polar surface area (TPSA) is 86.4 Å². The Hall–Kier alpha value is -2.41. The molecule has 1 heterocycles. The lowest BCUT2D eigenvalue weighted by atomic mass is 9.86. The van der Waals surface area contributed by atoms with Crippen LogP contribution in [0.4, 0.5) is 0 Å². The number of pyridine rings is 1. The van der Waals surface area contributed by atoms with Crippen molar-refractivity contribution in [2.45, 2.75) is 118 Å². The Labute approximate surface area is 244 Å². The first-order chi connectivity index (χ1) is 19.2. The third kappa shape index (κ3) is 12.4. The summed E-state index contributed by atoms with van der Waals surface area (Å²) in [6, 6.07) is 4.49. The molecule has 40 heavy (non-hydrogen) atoms. The number of aromatic nitrogens is 1. The lowest BCUT2D eigenvalue weighted by molar-refractivity contribution is -0.126. The Kier molecular flexibility index (Phi) is 15.3. The van der Waals surface area contributed by atoms with Crippen molar-refractivity contribution in [3.63, 3.8) is 0 Å². The zero-order valence-electron chi connectivity index (χ0n) is 26.4. The number of nitrogens with one attached hydrogen (secondary N) is 3. The second-order valence-electron chi connectivity index (χ2n) is 12.3. The minimum absolute atomic E-state index is 0.00767. The number of amides is 2. The summed E-state index contributed by atoms with van der Waals surface area (Å²) in [6.07, 6.45) is 12.7. The molecule has 0 bridgehead atoms. The molecule has 0 spiro atoms. The van der Waals surface area contributed by atoms with Gasteiger partial charge in [0.15, 0.2) is 0 Å². The fourth-order valence-electron chi connectivity index (χ4n) is 5.03. The molecule has 3 rings (SSSR count).